The van der Waals surface area contributed by atoms with Crippen molar-refractivity contribution in [3.8, 4) is 0 Å². The van der Waals surface area contributed by atoms with Crippen molar-refractivity contribution in [3.05, 3.63) is 12.7 Å². The van der Waals surface area contributed by atoms with Gasteiger partial charge in [-0.25, -0.2) is 0 Å². The summed E-state index contributed by atoms with van der Waals surface area (Å²) in [7, 11) is 0. The smallest absolute Gasteiger partial charge is 0.119 e. The molecule has 1 aromatic heterocycles. The summed E-state index contributed by atoms with van der Waals surface area (Å²) in [5.41, 5.74) is 0. The highest BCUT2D eigenvalue weighted by atomic mass is 15.3. The summed E-state index contributed by atoms with van der Waals surface area (Å²) < 4.78 is 2.12. The minimum atomic E-state index is 0.685. The second-order valence-corrected chi connectivity index (χ2v) is 3.62. The molecule has 0 aromatic carbocycles. The van der Waals surface area contributed by atoms with Gasteiger partial charge in [-0.05, 0) is 18.3 Å². The largest absolute Gasteiger partial charge is 0.317 e. The molecular formula is C8H13N3. The lowest BCUT2D eigenvalue weighted by atomic mass is 10.1. The maximum absolute atomic E-state index is 3.79. The van der Waals surface area contributed by atoms with Gasteiger partial charge in [-0.2, -0.15) is 0 Å². The zero-order valence-corrected chi connectivity index (χ0v) is 6.94. The Bertz CT molecular complexity index is 227. The zero-order chi connectivity index (χ0) is 7.84. The molecule has 0 radical (unpaired) electrons. The number of rotatable bonds is 2. The maximum Gasteiger partial charge on any atom is 0.119 e. The molecular weight excluding hydrogens is 138 g/mol. The van der Waals surface area contributed by atoms with Crippen LogP contribution in [0.5, 0.6) is 0 Å². The monoisotopic (exact) mass is 151 g/mol. The number of hydrogen-bond donors (Lipinski definition) is 0. The molecule has 1 aromatic rings. The van der Waals surface area contributed by atoms with Gasteiger partial charge in [0.15, 0.2) is 0 Å². The Hall–Kier alpha value is -0.860. The minimum absolute atomic E-state index is 0.685. The molecule has 1 aliphatic carbocycles. The molecule has 1 fully saturated rings. The van der Waals surface area contributed by atoms with Gasteiger partial charge >= 0.3 is 0 Å². The highest BCUT2D eigenvalue weighted by Crippen LogP contribution is 2.47. The predicted molar refractivity (Wildman–Crippen MR) is 42.0 cm³/mol. The van der Waals surface area contributed by atoms with Crippen molar-refractivity contribution in [2.24, 2.45) is 11.8 Å². The molecule has 1 heterocycles. The fourth-order valence-corrected chi connectivity index (χ4v) is 1.64. The van der Waals surface area contributed by atoms with Gasteiger partial charge < -0.3 is 4.57 Å². The first-order valence-electron chi connectivity index (χ1n) is 4.13. The first-order valence-corrected chi connectivity index (χ1v) is 4.13. The Kier molecular flexibility index (Phi) is 1.44. The Labute approximate surface area is 66.4 Å². The first-order chi connectivity index (χ1) is 5.29. The van der Waals surface area contributed by atoms with Crippen LogP contribution in [0.2, 0.25) is 0 Å². The van der Waals surface area contributed by atoms with Gasteiger partial charge in [-0.1, -0.05) is 13.8 Å². The third kappa shape index (κ3) is 1.15. The average molecular weight is 151 g/mol. The molecule has 0 aliphatic heterocycles. The Morgan fingerprint density at radius 3 is 2.45 bits per heavy atom. The minimum Gasteiger partial charge on any atom is -0.317 e. The lowest BCUT2D eigenvalue weighted by molar-refractivity contribution is 0.508. The van der Waals surface area contributed by atoms with E-state index in [0.29, 0.717) is 6.04 Å². The van der Waals surface area contributed by atoms with Crippen LogP contribution >= 0.6 is 0 Å². The molecule has 60 valence electrons. The van der Waals surface area contributed by atoms with Crippen molar-refractivity contribution < 1.29 is 0 Å². The summed E-state index contributed by atoms with van der Waals surface area (Å²) in [6, 6.07) is 0.685. The van der Waals surface area contributed by atoms with Crippen molar-refractivity contribution in [1.82, 2.24) is 14.8 Å². The Morgan fingerprint density at radius 1 is 1.36 bits per heavy atom. The molecule has 2 atom stereocenters. The van der Waals surface area contributed by atoms with Crippen LogP contribution in [0.4, 0.5) is 0 Å². The summed E-state index contributed by atoms with van der Waals surface area (Å²) in [6.07, 6.45) is 4.93. The van der Waals surface area contributed by atoms with Gasteiger partial charge in [-0.3, -0.25) is 0 Å². The number of aromatic nitrogens is 3. The van der Waals surface area contributed by atoms with Gasteiger partial charge in [0.1, 0.15) is 12.7 Å². The quantitative estimate of drug-likeness (QED) is 0.641. The fourth-order valence-electron chi connectivity index (χ4n) is 1.64. The molecule has 3 nitrogen and oxygen atoms in total. The third-order valence-corrected chi connectivity index (χ3v) is 2.48. The van der Waals surface area contributed by atoms with E-state index in [-0.39, 0.29) is 0 Å². The molecule has 1 aliphatic rings. The SMILES string of the molecule is CC(C)C1CC1n1cnnc1. The van der Waals surface area contributed by atoms with E-state index in [1.165, 1.54) is 6.42 Å². The maximum atomic E-state index is 3.79. The van der Waals surface area contributed by atoms with Crippen molar-refractivity contribution in [2.45, 2.75) is 26.3 Å². The van der Waals surface area contributed by atoms with Gasteiger partial charge in [0.2, 0.25) is 0 Å². The fraction of sp³-hybridized carbons (Fsp3) is 0.750. The topological polar surface area (TPSA) is 30.7 Å². The van der Waals surface area contributed by atoms with E-state index >= 15 is 0 Å². The van der Waals surface area contributed by atoms with E-state index in [4.69, 9.17) is 0 Å². The highest BCUT2D eigenvalue weighted by Gasteiger charge is 2.40. The van der Waals surface area contributed by atoms with Gasteiger partial charge in [0.25, 0.3) is 0 Å². The second kappa shape index (κ2) is 2.32. The van der Waals surface area contributed by atoms with Gasteiger partial charge in [-0.15, -0.1) is 10.2 Å². The standard InChI is InChI=1S/C8H13N3/c1-6(2)7-3-8(7)11-4-9-10-5-11/h4-8H,3H2,1-2H3. The molecule has 1 saturated carbocycles. The van der Waals surface area contributed by atoms with E-state index in [1.54, 1.807) is 0 Å². The van der Waals surface area contributed by atoms with Crippen LogP contribution < -0.4 is 0 Å². The molecule has 3 heteroatoms. The summed E-state index contributed by atoms with van der Waals surface area (Å²) in [5, 5.41) is 7.58. The highest BCUT2D eigenvalue weighted by molar-refractivity contribution is 4.94. The van der Waals surface area contributed by atoms with Gasteiger partial charge in [0, 0.05) is 6.04 Å². The van der Waals surface area contributed by atoms with Crippen LogP contribution in [-0.2, 0) is 0 Å². The van der Waals surface area contributed by atoms with E-state index in [2.05, 4.69) is 28.6 Å². The zero-order valence-electron chi connectivity index (χ0n) is 6.94. The van der Waals surface area contributed by atoms with Crippen molar-refractivity contribution in [3.63, 3.8) is 0 Å². The molecule has 0 bridgehead atoms. The van der Waals surface area contributed by atoms with Crippen LogP contribution in [0.1, 0.15) is 26.3 Å². The number of hydrogen-bond acceptors (Lipinski definition) is 2. The lowest BCUT2D eigenvalue weighted by Gasteiger charge is -2.02. The van der Waals surface area contributed by atoms with Gasteiger partial charge in [0.05, 0.1) is 0 Å². The van der Waals surface area contributed by atoms with Crippen molar-refractivity contribution >= 4 is 0 Å². The molecule has 0 saturated heterocycles. The molecule has 0 spiro atoms. The summed E-state index contributed by atoms with van der Waals surface area (Å²) in [6.45, 7) is 4.55. The summed E-state index contributed by atoms with van der Waals surface area (Å²) in [4.78, 5) is 0. The molecule has 11 heavy (non-hydrogen) atoms. The second-order valence-electron chi connectivity index (χ2n) is 3.62. The van der Waals surface area contributed by atoms with Crippen LogP contribution in [0.3, 0.4) is 0 Å². The Balaban J connectivity index is 2.02. The van der Waals surface area contributed by atoms with Crippen molar-refractivity contribution in [2.75, 3.05) is 0 Å². The molecule has 2 rings (SSSR count). The predicted octanol–water partition coefficient (Wildman–Crippen LogP) is 1.50. The van der Waals surface area contributed by atoms with E-state index < -0.39 is 0 Å². The number of nitrogens with zero attached hydrogens (tertiary/aromatic N) is 3. The van der Waals surface area contributed by atoms with Crippen LogP contribution in [-0.4, -0.2) is 14.8 Å². The van der Waals surface area contributed by atoms with Crippen molar-refractivity contribution in [1.29, 1.82) is 0 Å². The molecule has 0 N–H and O–H groups in total. The normalized spacial score (nSPS) is 29.4. The van der Waals surface area contributed by atoms with E-state index in [9.17, 15) is 0 Å². The van der Waals surface area contributed by atoms with E-state index in [1.807, 2.05) is 12.7 Å². The van der Waals surface area contributed by atoms with Crippen LogP contribution in [0.15, 0.2) is 12.7 Å². The molecule has 2 unspecified atom stereocenters. The first kappa shape index (κ1) is 6.83. The summed E-state index contributed by atoms with van der Waals surface area (Å²) >= 11 is 0. The third-order valence-electron chi connectivity index (χ3n) is 2.48. The summed E-state index contributed by atoms with van der Waals surface area (Å²) in [5.74, 6) is 1.65. The van der Waals surface area contributed by atoms with E-state index in [0.717, 1.165) is 11.8 Å². The van der Waals surface area contributed by atoms with Crippen LogP contribution in [0, 0.1) is 11.8 Å². The molecule has 0 amide bonds. The average Bonchev–Trinajstić information content (AvgIpc) is 2.60. The van der Waals surface area contributed by atoms with Crippen LogP contribution in [0.25, 0.3) is 0 Å². The lowest BCUT2D eigenvalue weighted by Crippen LogP contribution is -1.97. The Morgan fingerprint density at radius 2 is 2.00 bits per heavy atom.